The van der Waals surface area contributed by atoms with Crippen molar-refractivity contribution in [1.82, 2.24) is 19.7 Å². The number of fused-ring (bicyclic) bond motifs is 1. The number of thioether (sulfide) groups is 2. The Balaban J connectivity index is 1.64. The molecule has 1 amide bonds. The van der Waals surface area contributed by atoms with Crippen LogP contribution in [0.3, 0.4) is 0 Å². The minimum atomic E-state index is -4.55. The molecule has 32 heavy (non-hydrogen) atoms. The van der Waals surface area contributed by atoms with Crippen molar-refractivity contribution in [3.8, 4) is 5.69 Å². The Bertz CT molecular complexity index is 1230. The Morgan fingerprint density at radius 1 is 1.31 bits per heavy atom. The largest absolute Gasteiger partial charge is 0.416 e. The Hall–Kier alpha value is -2.38. The van der Waals surface area contributed by atoms with Crippen LogP contribution in [-0.2, 0) is 23.8 Å². The fourth-order valence-corrected chi connectivity index (χ4v) is 5.52. The van der Waals surface area contributed by atoms with Crippen LogP contribution in [0.25, 0.3) is 5.69 Å². The second-order valence-corrected chi connectivity index (χ2v) is 9.76. The summed E-state index contributed by atoms with van der Waals surface area (Å²) in [5.41, 5.74) is -0.654. The van der Waals surface area contributed by atoms with Crippen LogP contribution in [0, 0.1) is 0 Å². The van der Waals surface area contributed by atoms with Gasteiger partial charge in [0.25, 0.3) is 5.56 Å². The SMILES string of the molecule is CCc1nnc(NC(=O)CSc2nc3c(c(=O)n2-c2cccc(C(F)(F)F)c2)SCC3)s1. The van der Waals surface area contributed by atoms with Crippen LogP contribution < -0.4 is 10.9 Å². The van der Waals surface area contributed by atoms with Crippen LogP contribution in [-0.4, -0.2) is 37.2 Å². The lowest BCUT2D eigenvalue weighted by atomic mass is 10.2. The zero-order chi connectivity index (χ0) is 22.9. The third kappa shape index (κ3) is 4.84. The number of alkyl halides is 3. The molecular formula is C19H16F3N5O2S3. The summed E-state index contributed by atoms with van der Waals surface area (Å²) in [5, 5.41) is 11.8. The Morgan fingerprint density at radius 3 is 2.84 bits per heavy atom. The zero-order valence-electron chi connectivity index (χ0n) is 16.6. The summed E-state index contributed by atoms with van der Waals surface area (Å²) in [7, 11) is 0. The van der Waals surface area contributed by atoms with Crippen LogP contribution in [0.1, 0.15) is 23.2 Å². The van der Waals surface area contributed by atoms with Gasteiger partial charge in [0.2, 0.25) is 11.0 Å². The van der Waals surface area contributed by atoms with Crippen molar-refractivity contribution in [2.45, 2.75) is 36.0 Å². The molecule has 1 aliphatic rings. The van der Waals surface area contributed by atoms with Gasteiger partial charge in [0.15, 0.2) is 5.16 Å². The van der Waals surface area contributed by atoms with Crippen molar-refractivity contribution >= 4 is 45.9 Å². The number of benzene rings is 1. The van der Waals surface area contributed by atoms with E-state index in [0.29, 0.717) is 34.3 Å². The predicted molar refractivity (Wildman–Crippen MR) is 118 cm³/mol. The highest BCUT2D eigenvalue weighted by molar-refractivity contribution is 8.00. The normalized spacial score (nSPS) is 13.2. The van der Waals surface area contributed by atoms with E-state index in [2.05, 4.69) is 20.5 Å². The number of hydrogen-bond acceptors (Lipinski definition) is 8. The van der Waals surface area contributed by atoms with Crippen molar-refractivity contribution in [2.24, 2.45) is 0 Å². The van der Waals surface area contributed by atoms with Crippen LogP contribution in [0.15, 0.2) is 39.1 Å². The van der Waals surface area contributed by atoms with Crippen LogP contribution in [0.2, 0.25) is 0 Å². The van der Waals surface area contributed by atoms with Crippen molar-refractivity contribution in [3.63, 3.8) is 0 Å². The standard InChI is InChI=1S/C19H16F3N5O2S3/c1-2-14-25-26-17(32-14)24-13(28)9-31-18-23-12-6-7-30-15(12)16(29)27(18)11-5-3-4-10(8-11)19(20,21)22/h3-5,8H,2,6-7,9H2,1H3,(H,24,26,28). The van der Waals surface area contributed by atoms with E-state index in [0.717, 1.165) is 33.5 Å². The van der Waals surface area contributed by atoms with E-state index in [4.69, 9.17) is 0 Å². The topological polar surface area (TPSA) is 89.8 Å². The molecule has 0 spiro atoms. The molecule has 0 saturated carbocycles. The van der Waals surface area contributed by atoms with E-state index < -0.39 is 17.3 Å². The van der Waals surface area contributed by atoms with Gasteiger partial charge in [-0.1, -0.05) is 36.1 Å². The lowest BCUT2D eigenvalue weighted by Crippen LogP contribution is -2.25. The van der Waals surface area contributed by atoms with Crippen molar-refractivity contribution in [2.75, 3.05) is 16.8 Å². The molecule has 0 fully saturated rings. The summed E-state index contributed by atoms with van der Waals surface area (Å²) in [4.78, 5) is 30.4. The van der Waals surface area contributed by atoms with E-state index in [-0.39, 0.29) is 22.5 Å². The summed E-state index contributed by atoms with van der Waals surface area (Å²) in [6.45, 7) is 1.92. The number of rotatable bonds is 6. The molecule has 3 aromatic rings. The van der Waals surface area contributed by atoms with Gasteiger partial charge in [-0.3, -0.25) is 19.5 Å². The van der Waals surface area contributed by atoms with Gasteiger partial charge < -0.3 is 0 Å². The molecule has 0 radical (unpaired) electrons. The second-order valence-electron chi connectivity index (χ2n) is 6.65. The second kappa shape index (κ2) is 9.24. The number of halogens is 3. The number of aryl methyl sites for hydroxylation is 2. The fourth-order valence-electron chi connectivity index (χ4n) is 2.97. The van der Waals surface area contributed by atoms with Crippen LogP contribution in [0.4, 0.5) is 18.3 Å². The third-order valence-corrected chi connectivity index (χ3v) is 7.48. The maximum absolute atomic E-state index is 13.2. The molecule has 4 rings (SSSR count). The average molecular weight is 500 g/mol. The molecule has 0 aliphatic carbocycles. The average Bonchev–Trinajstić information content (AvgIpc) is 3.41. The minimum absolute atomic E-state index is 0.0484. The predicted octanol–water partition coefficient (Wildman–Crippen LogP) is 4.04. The van der Waals surface area contributed by atoms with Crippen molar-refractivity contribution < 1.29 is 18.0 Å². The molecule has 1 N–H and O–H groups in total. The molecule has 7 nitrogen and oxygen atoms in total. The Kier molecular flexibility index (Phi) is 6.58. The third-order valence-electron chi connectivity index (χ3n) is 4.45. The van der Waals surface area contributed by atoms with Gasteiger partial charge in [-0.2, -0.15) is 13.2 Å². The fraction of sp³-hybridized carbons (Fsp3) is 0.316. The highest BCUT2D eigenvalue weighted by atomic mass is 32.2. The van der Waals surface area contributed by atoms with E-state index in [1.54, 1.807) is 0 Å². The first-order valence-electron chi connectivity index (χ1n) is 9.47. The number of amides is 1. The van der Waals surface area contributed by atoms with Crippen molar-refractivity contribution in [1.29, 1.82) is 0 Å². The summed E-state index contributed by atoms with van der Waals surface area (Å²) in [5.74, 6) is 0.192. The minimum Gasteiger partial charge on any atom is -0.300 e. The van der Waals surface area contributed by atoms with Gasteiger partial charge in [0.05, 0.1) is 27.6 Å². The van der Waals surface area contributed by atoms with Gasteiger partial charge in [-0.15, -0.1) is 22.0 Å². The number of aromatic nitrogens is 4. The number of anilines is 1. The maximum Gasteiger partial charge on any atom is 0.416 e. The number of nitrogens with one attached hydrogen (secondary N) is 1. The molecule has 13 heteroatoms. The molecule has 1 aromatic carbocycles. The Morgan fingerprint density at radius 2 is 2.12 bits per heavy atom. The van der Waals surface area contributed by atoms with Gasteiger partial charge in [-0.05, 0) is 24.6 Å². The first-order valence-corrected chi connectivity index (χ1v) is 12.3. The first-order chi connectivity index (χ1) is 15.3. The summed E-state index contributed by atoms with van der Waals surface area (Å²) in [6, 6.07) is 4.51. The summed E-state index contributed by atoms with van der Waals surface area (Å²) < 4.78 is 40.8. The number of nitrogens with zero attached hydrogens (tertiary/aromatic N) is 4. The van der Waals surface area contributed by atoms with E-state index >= 15 is 0 Å². The summed E-state index contributed by atoms with van der Waals surface area (Å²) >= 11 is 3.57. The quantitative estimate of drug-likeness (QED) is 0.404. The maximum atomic E-state index is 13.2. The summed E-state index contributed by atoms with van der Waals surface area (Å²) in [6.07, 6.45) is -3.27. The number of carbonyl (C=O) groups excluding carboxylic acids is 1. The molecule has 0 saturated heterocycles. The molecule has 0 unspecified atom stereocenters. The van der Waals surface area contributed by atoms with Crippen LogP contribution >= 0.6 is 34.9 Å². The lowest BCUT2D eigenvalue weighted by Gasteiger charge is -2.15. The zero-order valence-corrected chi connectivity index (χ0v) is 19.1. The van der Waals surface area contributed by atoms with Gasteiger partial charge in [0, 0.05) is 12.2 Å². The number of hydrogen-bond donors (Lipinski definition) is 1. The van der Waals surface area contributed by atoms with E-state index in [1.165, 1.54) is 35.2 Å². The molecule has 168 valence electrons. The highest BCUT2D eigenvalue weighted by Gasteiger charge is 2.31. The van der Waals surface area contributed by atoms with Gasteiger partial charge in [-0.25, -0.2) is 4.98 Å². The smallest absolute Gasteiger partial charge is 0.300 e. The van der Waals surface area contributed by atoms with Gasteiger partial charge in [0.1, 0.15) is 5.01 Å². The van der Waals surface area contributed by atoms with Gasteiger partial charge >= 0.3 is 6.18 Å². The lowest BCUT2D eigenvalue weighted by molar-refractivity contribution is -0.137. The highest BCUT2D eigenvalue weighted by Crippen LogP contribution is 2.33. The van der Waals surface area contributed by atoms with E-state index in [1.807, 2.05) is 6.92 Å². The Labute approximate surface area is 192 Å². The molecule has 0 atom stereocenters. The molecule has 2 aromatic heterocycles. The number of carbonyl (C=O) groups is 1. The first kappa shape index (κ1) is 22.8. The molecular weight excluding hydrogens is 483 g/mol. The monoisotopic (exact) mass is 499 g/mol. The molecule has 1 aliphatic heterocycles. The van der Waals surface area contributed by atoms with Crippen molar-refractivity contribution in [3.05, 3.63) is 50.9 Å². The molecule has 0 bridgehead atoms. The van der Waals surface area contributed by atoms with Crippen LogP contribution in [0.5, 0.6) is 0 Å². The molecule has 3 heterocycles. The van der Waals surface area contributed by atoms with E-state index in [9.17, 15) is 22.8 Å².